The number of aliphatic hydroxyl groups is 1. The van der Waals surface area contributed by atoms with Gasteiger partial charge in [0.25, 0.3) is 0 Å². The number of thioether (sulfide) groups is 1. The minimum absolute atomic E-state index is 0.110. The highest BCUT2D eigenvalue weighted by Gasteiger charge is 2.25. The number of likely N-dealkylation sites (N-methyl/N-ethyl adjacent to an activating group) is 2. The van der Waals surface area contributed by atoms with Crippen LogP contribution in [-0.2, 0) is 4.79 Å². The maximum Gasteiger partial charge on any atom is 0.236 e. The number of carbonyl (C=O) groups excluding carboxylic acids is 1. The number of hydrogen-bond acceptors (Lipinski definition) is 4. The van der Waals surface area contributed by atoms with E-state index in [9.17, 15) is 9.90 Å². The molecule has 1 aliphatic rings. The van der Waals surface area contributed by atoms with Gasteiger partial charge in [0.05, 0.1) is 12.1 Å². The van der Waals surface area contributed by atoms with E-state index >= 15 is 0 Å². The standard InChI is InChI=1S/C13H26N2O2S/c1-5-15(10-13(2,3)17)12(16)8-14(4)11-6-7-18-9-11/h11,17H,5-10H2,1-4H3. The molecule has 106 valence electrons. The molecule has 1 unspecified atom stereocenters. The Hall–Kier alpha value is -0.260. The van der Waals surface area contributed by atoms with Gasteiger partial charge in [-0.2, -0.15) is 11.8 Å². The number of nitrogens with zero attached hydrogens (tertiary/aromatic N) is 2. The van der Waals surface area contributed by atoms with Crippen molar-refractivity contribution < 1.29 is 9.90 Å². The molecule has 0 saturated carbocycles. The van der Waals surface area contributed by atoms with Gasteiger partial charge in [0.2, 0.25) is 5.91 Å². The zero-order valence-electron chi connectivity index (χ0n) is 12.0. The minimum Gasteiger partial charge on any atom is -0.389 e. The molecule has 1 heterocycles. The first-order chi connectivity index (χ1) is 8.33. The van der Waals surface area contributed by atoms with Gasteiger partial charge in [-0.3, -0.25) is 9.69 Å². The van der Waals surface area contributed by atoms with E-state index in [0.717, 1.165) is 5.75 Å². The summed E-state index contributed by atoms with van der Waals surface area (Å²) in [6, 6.07) is 0.528. The van der Waals surface area contributed by atoms with E-state index in [1.807, 2.05) is 25.7 Å². The summed E-state index contributed by atoms with van der Waals surface area (Å²) in [7, 11) is 2.02. The fourth-order valence-corrected chi connectivity index (χ4v) is 3.45. The van der Waals surface area contributed by atoms with E-state index in [2.05, 4.69) is 4.90 Å². The molecule has 1 aliphatic heterocycles. The topological polar surface area (TPSA) is 43.8 Å². The zero-order chi connectivity index (χ0) is 13.8. The first-order valence-electron chi connectivity index (χ1n) is 6.61. The quantitative estimate of drug-likeness (QED) is 0.786. The molecule has 0 spiro atoms. The van der Waals surface area contributed by atoms with Gasteiger partial charge in [0.1, 0.15) is 0 Å². The summed E-state index contributed by atoms with van der Waals surface area (Å²) < 4.78 is 0. The molecule has 5 heteroatoms. The van der Waals surface area contributed by atoms with Crippen LogP contribution in [0.5, 0.6) is 0 Å². The predicted molar refractivity (Wildman–Crippen MR) is 76.9 cm³/mol. The highest BCUT2D eigenvalue weighted by atomic mass is 32.2. The average molecular weight is 274 g/mol. The normalized spacial score (nSPS) is 20.4. The van der Waals surface area contributed by atoms with Crippen LogP contribution in [0.4, 0.5) is 0 Å². The third kappa shape index (κ3) is 5.16. The van der Waals surface area contributed by atoms with Crippen LogP contribution in [0.2, 0.25) is 0 Å². The van der Waals surface area contributed by atoms with Crippen LogP contribution >= 0.6 is 11.8 Å². The lowest BCUT2D eigenvalue weighted by molar-refractivity contribution is -0.135. The van der Waals surface area contributed by atoms with Crippen LogP contribution in [0.15, 0.2) is 0 Å². The Morgan fingerprint density at radius 1 is 1.50 bits per heavy atom. The average Bonchev–Trinajstić information content (AvgIpc) is 2.77. The second kappa shape index (κ2) is 6.78. The summed E-state index contributed by atoms with van der Waals surface area (Å²) in [6.45, 7) is 6.93. The van der Waals surface area contributed by atoms with Gasteiger partial charge in [-0.1, -0.05) is 0 Å². The maximum absolute atomic E-state index is 12.2. The van der Waals surface area contributed by atoms with E-state index in [0.29, 0.717) is 25.7 Å². The molecular weight excluding hydrogens is 248 g/mol. The van der Waals surface area contributed by atoms with E-state index < -0.39 is 5.60 Å². The molecule has 0 bridgehead atoms. The molecule has 1 amide bonds. The Balaban J connectivity index is 2.46. The Morgan fingerprint density at radius 2 is 2.17 bits per heavy atom. The minimum atomic E-state index is -0.826. The van der Waals surface area contributed by atoms with E-state index in [1.54, 1.807) is 18.7 Å². The van der Waals surface area contributed by atoms with Crippen molar-refractivity contribution in [1.82, 2.24) is 9.80 Å². The molecule has 4 nitrogen and oxygen atoms in total. The highest BCUT2D eigenvalue weighted by Crippen LogP contribution is 2.21. The summed E-state index contributed by atoms with van der Waals surface area (Å²) >= 11 is 1.96. The Kier molecular flexibility index (Phi) is 5.95. The fraction of sp³-hybridized carbons (Fsp3) is 0.923. The Morgan fingerprint density at radius 3 is 2.61 bits per heavy atom. The van der Waals surface area contributed by atoms with Crippen molar-refractivity contribution >= 4 is 17.7 Å². The van der Waals surface area contributed by atoms with Crippen molar-refractivity contribution in [2.24, 2.45) is 0 Å². The van der Waals surface area contributed by atoms with Crippen LogP contribution < -0.4 is 0 Å². The van der Waals surface area contributed by atoms with Gasteiger partial charge in [-0.25, -0.2) is 0 Å². The molecule has 1 atom stereocenters. The lowest BCUT2D eigenvalue weighted by Gasteiger charge is -2.31. The van der Waals surface area contributed by atoms with Crippen molar-refractivity contribution in [3.8, 4) is 0 Å². The summed E-state index contributed by atoms with van der Waals surface area (Å²) in [6.07, 6.45) is 1.17. The SMILES string of the molecule is CCN(CC(C)(C)O)C(=O)CN(C)C1CCSC1. The largest absolute Gasteiger partial charge is 0.389 e. The van der Waals surface area contributed by atoms with Gasteiger partial charge in [-0.05, 0) is 40.0 Å². The van der Waals surface area contributed by atoms with Crippen LogP contribution in [0, 0.1) is 0 Å². The van der Waals surface area contributed by atoms with Crippen LogP contribution in [0.25, 0.3) is 0 Å². The number of rotatable bonds is 6. The third-order valence-corrected chi connectivity index (χ3v) is 4.37. The van der Waals surface area contributed by atoms with Crippen LogP contribution in [0.1, 0.15) is 27.2 Å². The molecule has 0 aromatic carbocycles. The number of amides is 1. The van der Waals surface area contributed by atoms with Crippen molar-refractivity contribution in [1.29, 1.82) is 0 Å². The molecule has 0 aromatic rings. The fourth-order valence-electron chi connectivity index (χ4n) is 2.16. The summed E-state index contributed by atoms with van der Waals surface area (Å²) in [5.41, 5.74) is -0.826. The lowest BCUT2D eigenvalue weighted by atomic mass is 10.1. The summed E-state index contributed by atoms with van der Waals surface area (Å²) in [5, 5.41) is 9.80. The van der Waals surface area contributed by atoms with E-state index in [1.165, 1.54) is 12.2 Å². The number of hydrogen-bond donors (Lipinski definition) is 1. The Labute approximate surface area is 115 Å². The zero-order valence-corrected chi connectivity index (χ0v) is 12.8. The molecule has 1 saturated heterocycles. The maximum atomic E-state index is 12.2. The summed E-state index contributed by atoms with van der Waals surface area (Å²) in [5.74, 6) is 2.44. The van der Waals surface area contributed by atoms with Gasteiger partial charge in [0, 0.05) is 24.9 Å². The molecule has 18 heavy (non-hydrogen) atoms. The second-order valence-corrected chi connectivity index (χ2v) is 6.80. The first kappa shape index (κ1) is 15.8. The molecule has 1 fully saturated rings. The molecule has 1 N–H and O–H groups in total. The Bertz CT molecular complexity index is 273. The smallest absolute Gasteiger partial charge is 0.236 e. The number of carbonyl (C=O) groups is 1. The lowest BCUT2D eigenvalue weighted by Crippen LogP contribution is -2.47. The van der Waals surface area contributed by atoms with Crippen molar-refractivity contribution in [3.05, 3.63) is 0 Å². The van der Waals surface area contributed by atoms with Crippen LogP contribution in [0.3, 0.4) is 0 Å². The van der Waals surface area contributed by atoms with Gasteiger partial charge >= 0.3 is 0 Å². The molecule has 0 aromatic heterocycles. The van der Waals surface area contributed by atoms with E-state index in [-0.39, 0.29) is 5.91 Å². The van der Waals surface area contributed by atoms with Crippen molar-refractivity contribution in [2.45, 2.75) is 38.8 Å². The van der Waals surface area contributed by atoms with Gasteiger partial charge in [-0.15, -0.1) is 0 Å². The third-order valence-electron chi connectivity index (χ3n) is 3.23. The monoisotopic (exact) mass is 274 g/mol. The summed E-state index contributed by atoms with van der Waals surface area (Å²) in [4.78, 5) is 16.1. The van der Waals surface area contributed by atoms with Gasteiger partial charge < -0.3 is 10.0 Å². The highest BCUT2D eigenvalue weighted by molar-refractivity contribution is 7.99. The van der Waals surface area contributed by atoms with Crippen molar-refractivity contribution in [2.75, 3.05) is 38.2 Å². The second-order valence-electron chi connectivity index (χ2n) is 5.65. The van der Waals surface area contributed by atoms with Crippen LogP contribution in [-0.4, -0.2) is 70.6 Å². The molecule has 0 aliphatic carbocycles. The molecule has 0 radical (unpaired) electrons. The van der Waals surface area contributed by atoms with Crippen molar-refractivity contribution in [3.63, 3.8) is 0 Å². The first-order valence-corrected chi connectivity index (χ1v) is 7.77. The van der Waals surface area contributed by atoms with Gasteiger partial charge in [0.15, 0.2) is 0 Å². The molecule has 1 rings (SSSR count). The molecular formula is C13H26N2O2S. The predicted octanol–water partition coefficient (Wildman–Crippen LogP) is 1.04. The van der Waals surface area contributed by atoms with E-state index in [4.69, 9.17) is 0 Å².